The fourth-order valence-electron chi connectivity index (χ4n) is 3.31. The van der Waals surface area contributed by atoms with Gasteiger partial charge in [0.25, 0.3) is 0 Å². The Morgan fingerprint density at radius 2 is 2.12 bits per heavy atom. The normalized spacial score (nSPS) is 35.6. The fourth-order valence-corrected chi connectivity index (χ4v) is 4.00. The van der Waals surface area contributed by atoms with Crippen LogP contribution >= 0.6 is 11.8 Å². The molecular formula is C14H25NS. The predicted molar refractivity (Wildman–Crippen MR) is 73.9 cm³/mol. The van der Waals surface area contributed by atoms with Crippen molar-refractivity contribution in [2.45, 2.75) is 45.7 Å². The summed E-state index contributed by atoms with van der Waals surface area (Å²) in [7, 11) is 0. The van der Waals surface area contributed by atoms with Crippen molar-refractivity contribution < 1.29 is 0 Å². The summed E-state index contributed by atoms with van der Waals surface area (Å²) in [5, 5.41) is 3.79. The molecule has 16 heavy (non-hydrogen) atoms. The number of allylic oxidation sites excluding steroid dienone is 2. The van der Waals surface area contributed by atoms with Crippen LogP contribution in [0.2, 0.25) is 0 Å². The van der Waals surface area contributed by atoms with Gasteiger partial charge in [0.2, 0.25) is 0 Å². The van der Waals surface area contributed by atoms with E-state index in [1.165, 1.54) is 24.3 Å². The monoisotopic (exact) mass is 239 g/mol. The molecule has 1 N–H and O–H groups in total. The maximum atomic E-state index is 3.79. The lowest BCUT2D eigenvalue weighted by Gasteiger charge is -2.29. The van der Waals surface area contributed by atoms with Crippen molar-refractivity contribution in [3.05, 3.63) is 12.2 Å². The summed E-state index contributed by atoms with van der Waals surface area (Å²) >= 11 is 2.04. The molecule has 0 aromatic carbocycles. The molecule has 5 atom stereocenters. The molecule has 0 radical (unpaired) electrons. The van der Waals surface area contributed by atoms with Crippen molar-refractivity contribution in [2.75, 3.05) is 11.5 Å². The third-order valence-corrected chi connectivity index (χ3v) is 5.24. The molecule has 2 rings (SSSR count). The number of nitrogens with one attached hydrogen (secondary N) is 1. The average molecular weight is 239 g/mol. The topological polar surface area (TPSA) is 12.0 Å². The standard InChI is InChI=1S/C14H25NS/c1-4-16-9-10(2)15-11(3)14-8-12-5-6-13(14)7-12/h5-6,10-15H,4,7-9H2,1-3H3. The molecule has 0 spiro atoms. The Bertz CT molecular complexity index is 251. The zero-order chi connectivity index (χ0) is 11.5. The molecule has 0 aliphatic heterocycles. The first kappa shape index (κ1) is 12.5. The Morgan fingerprint density at radius 1 is 1.31 bits per heavy atom. The van der Waals surface area contributed by atoms with Crippen molar-refractivity contribution >= 4 is 11.8 Å². The van der Waals surface area contributed by atoms with E-state index in [-0.39, 0.29) is 0 Å². The van der Waals surface area contributed by atoms with Gasteiger partial charge in [-0.25, -0.2) is 0 Å². The Kier molecular flexibility index (Phi) is 4.37. The zero-order valence-corrected chi connectivity index (χ0v) is 11.6. The van der Waals surface area contributed by atoms with Crippen LogP contribution in [0, 0.1) is 17.8 Å². The van der Waals surface area contributed by atoms with Crippen molar-refractivity contribution in [3.63, 3.8) is 0 Å². The molecular weight excluding hydrogens is 214 g/mol. The SMILES string of the molecule is CCSCC(C)NC(C)C1CC2C=CC1C2. The van der Waals surface area contributed by atoms with E-state index in [1.54, 1.807) is 0 Å². The largest absolute Gasteiger partial charge is 0.311 e. The summed E-state index contributed by atoms with van der Waals surface area (Å²) in [6.07, 6.45) is 7.74. The lowest BCUT2D eigenvalue weighted by molar-refractivity contribution is 0.312. The highest BCUT2D eigenvalue weighted by molar-refractivity contribution is 7.99. The molecule has 2 heteroatoms. The van der Waals surface area contributed by atoms with E-state index in [0.29, 0.717) is 12.1 Å². The van der Waals surface area contributed by atoms with Crippen molar-refractivity contribution in [2.24, 2.45) is 17.8 Å². The van der Waals surface area contributed by atoms with Gasteiger partial charge < -0.3 is 5.32 Å². The van der Waals surface area contributed by atoms with Crippen LogP contribution in [-0.4, -0.2) is 23.6 Å². The van der Waals surface area contributed by atoms with Crippen LogP contribution in [-0.2, 0) is 0 Å². The first-order valence-corrected chi connectivity index (χ1v) is 7.88. The van der Waals surface area contributed by atoms with Crippen LogP contribution in [0.5, 0.6) is 0 Å². The highest BCUT2D eigenvalue weighted by atomic mass is 32.2. The first-order chi connectivity index (χ1) is 7.70. The molecule has 0 aromatic rings. The lowest BCUT2D eigenvalue weighted by atomic mass is 9.87. The molecule has 0 heterocycles. The summed E-state index contributed by atoms with van der Waals surface area (Å²) in [5.74, 6) is 5.15. The summed E-state index contributed by atoms with van der Waals surface area (Å²) in [6.45, 7) is 6.94. The highest BCUT2D eigenvalue weighted by Crippen LogP contribution is 2.44. The summed E-state index contributed by atoms with van der Waals surface area (Å²) < 4.78 is 0. The predicted octanol–water partition coefficient (Wildman–Crippen LogP) is 3.32. The van der Waals surface area contributed by atoms with E-state index >= 15 is 0 Å². The van der Waals surface area contributed by atoms with Gasteiger partial charge in [-0.05, 0) is 50.2 Å². The second kappa shape index (κ2) is 5.59. The van der Waals surface area contributed by atoms with Gasteiger partial charge in [0.1, 0.15) is 0 Å². The summed E-state index contributed by atoms with van der Waals surface area (Å²) in [5.41, 5.74) is 0. The average Bonchev–Trinajstić information content (AvgIpc) is 2.87. The highest BCUT2D eigenvalue weighted by Gasteiger charge is 2.38. The van der Waals surface area contributed by atoms with Crippen molar-refractivity contribution in [1.82, 2.24) is 5.32 Å². The number of hydrogen-bond acceptors (Lipinski definition) is 2. The Labute approximate surface area is 104 Å². The number of thioether (sulfide) groups is 1. The number of hydrogen-bond donors (Lipinski definition) is 1. The first-order valence-electron chi connectivity index (χ1n) is 6.72. The van der Waals surface area contributed by atoms with Gasteiger partial charge in [-0.3, -0.25) is 0 Å². The van der Waals surface area contributed by atoms with E-state index in [2.05, 4.69) is 38.2 Å². The van der Waals surface area contributed by atoms with Crippen molar-refractivity contribution in [1.29, 1.82) is 0 Å². The molecule has 92 valence electrons. The molecule has 1 saturated carbocycles. The van der Waals surface area contributed by atoms with Gasteiger partial charge in [0.05, 0.1) is 0 Å². The molecule has 5 unspecified atom stereocenters. The second-order valence-corrected chi connectivity index (χ2v) is 6.78. The van der Waals surface area contributed by atoms with Crippen LogP contribution in [0.4, 0.5) is 0 Å². The maximum Gasteiger partial charge on any atom is 0.0132 e. The lowest BCUT2D eigenvalue weighted by Crippen LogP contribution is -2.42. The zero-order valence-electron chi connectivity index (χ0n) is 10.8. The summed E-state index contributed by atoms with van der Waals surface area (Å²) in [6, 6.07) is 1.34. The Morgan fingerprint density at radius 3 is 2.69 bits per heavy atom. The molecule has 0 amide bonds. The second-order valence-electron chi connectivity index (χ2n) is 5.46. The molecule has 2 aliphatic carbocycles. The molecule has 2 aliphatic rings. The van der Waals surface area contributed by atoms with E-state index in [4.69, 9.17) is 0 Å². The quantitative estimate of drug-likeness (QED) is 0.714. The third kappa shape index (κ3) is 2.84. The molecule has 1 nitrogen and oxygen atoms in total. The van der Waals surface area contributed by atoms with E-state index in [9.17, 15) is 0 Å². The minimum absolute atomic E-state index is 0.656. The van der Waals surface area contributed by atoms with Gasteiger partial charge in [-0.1, -0.05) is 19.1 Å². The van der Waals surface area contributed by atoms with Crippen LogP contribution < -0.4 is 5.32 Å². The minimum atomic E-state index is 0.656. The number of rotatable bonds is 6. The van der Waals surface area contributed by atoms with Crippen LogP contribution in [0.3, 0.4) is 0 Å². The fraction of sp³-hybridized carbons (Fsp3) is 0.857. The maximum absolute atomic E-state index is 3.79. The molecule has 1 fully saturated rings. The molecule has 0 aromatic heterocycles. The number of fused-ring (bicyclic) bond motifs is 2. The minimum Gasteiger partial charge on any atom is -0.311 e. The molecule has 0 saturated heterocycles. The van der Waals surface area contributed by atoms with E-state index in [0.717, 1.165) is 17.8 Å². The van der Waals surface area contributed by atoms with Crippen LogP contribution in [0.25, 0.3) is 0 Å². The third-order valence-electron chi connectivity index (χ3n) is 4.09. The molecule has 2 bridgehead atoms. The van der Waals surface area contributed by atoms with Gasteiger partial charge in [-0.15, -0.1) is 0 Å². The van der Waals surface area contributed by atoms with E-state index < -0.39 is 0 Å². The van der Waals surface area contributed by atoms with Crippen molar-refractivity contribution in [3.8, 4) is 0 Å². The van der Waals surface area contributed by atoms with Crippen LogP contribution in [0.1, 0.15) is 33.6 Å². The van der Waals surface area contributed by atoms with Gasteiger partial charge >= 0.3 is 0 Å². The van der Waals surface area contributed by atoms with Crippen LogP contribution in [0.15, 0.2) is 12.2 Å². The Balaban J connectivity index is 1.75. The van der Waals surface area contributed by atoms with Gasteiger partial charge in [0.15, 0.2) is 0 Å². The van der Waals surface area contributed by atoms with Gasteiger partial charge in [0, 0.05) is 17.8 Å². The Hall–Kier alpha value is 0.0500. The van der Waals surface area contributed by atoms with Gasteiger partial charge in [-0.2, -0.15) is 11.8 Å². The smallest absolute Gasteiger partial charge is 0.0132 e. The van der Waals surface area contributed by atoms with E-state index in [1.807, 2.05) is 11.8 Å². The summed E-state index contributed by atoms with van der Waals surface area (Å²) in [4.78, 5) is 0.